The quantitative estimate of drug-likeness (QED) is 0.612. The summed E-state index contributed by atoms with van der Waals surface area (Å²) in [6.07, 6.45) is 1.77. The van der Waals surface area contributed by atoms with Gasteiger partial charge in [-0.25, -0.2) is 4.98 Å². The van der Waals surface area contributed by atoms with Crippen LogP contribution in [-0.4, -0.2) is 24.0 Å². The third-order valence-electron chi connectivity index (χ3n) is 3.73. The minimum Gasteiger partial charge on any atom is -0.497 e. The molecule has 124 valence electrons. The summed E-state index contributed by atoms with van der Waals surface area (Å²) in [6, 6.07) is 16.0. The maximum Gasteiger partial charge on any atom is 0.209 e. The lowest BCUT2D eigenvalue weighted by atomic mass is 10.2. The summed E-state index contributed by atoms with van der Waals surface area (Å²) in [5.41, 5.74) is 2.23. The number of nitrogens with zero attached hydrogens (tertiary/aromatic N) is 2. The van der Waals surface area contributed by atoms with Gasteiger partial charge in [0.1, 0.15) is 5.75 Å². The highest BCUT2D eigenvalue weighted by Crippen LogP contribution is 2.24. The Kier molecular flexibility index (Phi) is 5.33. The third-order valence-corrected chi connectivity index (χ3v) is 4.50. The van der Waals surface area contributed by atoms with Crippen molar-refractivity contribution in [1.82, 2.24) is 9.88 Å². The Balaban J connectivity index is 1.66. The van der Waals surface area contributed by atoms with Crippen molar-refractivity contribution in [3.63, 3.8) is 0 Å². The van der Waals surface area contributed by atoms with Gasteiger partial charge in [-0.15, -0.1) is 0 Å². The molecule has 24 heavy (non-hydrogen) atoms. The van der Waals surface area contributed by atoms with Crippen LogP contribution in [0.3, 0.4) is 0 Å². The van der Waals surface area contributed by atoms with E-state index in [0.29, 0.717) is 12.4 Å². The molecule has 5 heteroatoms. The smallest absolute Gasteiger partial charge is 0.209 e. The number of benzene rings is 2. The molecule has 0 N–H and O–H groups in total. The molecule has 0 amide bonds. The van der Waals surface area contributed by atoms with Crippen LogP contribution in [0.2, 0.25) is 0 Å². The van der Waals surface area contributed by atoms with Gasteiger partial charge in [-0.05, 0) is 42.9 Å². The van der Waals surface area contributed by atoms with Crippen molar-refractivity contribution in [1.29, 1.82) is 0 Å². The van der Waals surface area contributed by atoms with E-state index in [4.69, 9.17) is 9.15 Å². The van der Waals surface area contributed by atoms with Crippen molar-refractivity contribution in [2.75, 3.05) is 14.2 Å². The topological polar surface area (TPSA) is 38.5 Å². The van der Waals surface area contributed by atoms with E-state index in [1.165, 1.54) is 5.56 Å². The van der Waals surface area contributed by atoms with Crippen LogP contribution >= 0.6 is 15.9 Å². The number of aromatic nitrogens is 1. The molecule has 2 aromatic carbocycles. The van der Waals surface area contributed by atoms with E-state index in [0.717, 1.165) is 28.1 Å². The monoisotopic (exact) mass is 386 g/mol. The first-order chi connectivity index (χ1) is 11.7. The molecule has 0 saturated heterocycles. The van der Waals surface area contributed by atoms with E-state index in [1.807, 2.05) is 36.4 Å². The number of rotatable bonds is 6. The molecular formula is C19H19BrN2O2. The lowest BCUT2D eigenvalue weighted by Crippen LogP contribution is -2.17. The van der Waals surface area contributed by atoms with E-state index in [2.05, 4.69) is 45.0 Å². The average Bonchev–Trinajstić information content (AvgIpc) is 3.05. The summed E-state index contributed by atoms with van der Waals surface area (Å²) in [5.74, 6) is 2.30. The summed E-state index contributed by atoms with van der Waals surface area (Å²) in [7, 11) is 3.71. The molecule has 0 aliphatic carbocycles. The number of oxazole rings is 1. The van der Waals surface area contributed by atoms with Gasteiger partial charge in [-0.1, -0.05) is 34.1 Å². The van der Waals surface area contributed by atoms with E-state index in [9.17, 15) is 0 Å². The number of hydrogen-bond donors (Lipinski definition) is 0. The zero-order valence-electron chi connectivity index (χ0n) is 13.7. The van der Waals surface area contributed by atoms with E-state index < -0.39 is 0 Å². The lowest BCUT2D eigenvalue weighted by Gasteiger charge is -2.15. The summed E-state index contributed by atoms with van der Waals surface area (Å²) < 4.78 is 12.2. The van der Waals surface area contributed by atoms with E-state index >= 15 is 0 Å². The Morgan fingerprint density at radius 2 is 1.83 bits per heavy atom. The minimum atomic E-state index is 0.650. The normalized spacial score (nSPS) is 11.0. The second-order valence-electron chi connectivity index (χ2n) is 5.61. The van der Waals surface area contributed by atoms with Crippen LogP contribution in [0.15, 0.2) is 63.6 Å². The van der Waals surface area contributed by atoms with Crippen LogP contribution < -0.4 is 4.74 Å². The first-order valence-corrected chi connectivity index (χ1v) is 8.46. The Morgan fingerprint density at radius 1 is 1.08 bits per heavy atom. The Morgan fingerprint density at radius 3 is 2.54 bits per heavy atom. The fourth-order valence-electron chi connectivity index (χ4n) is 2.48. The SMILES string of the molecule is COc1ccc(-c2cnc(CN(C)Cc3ccccc3Br)o2)cc1. The highest BCUT2D eigenvalue weighted by molar-refractivity contribution is 9.10. The van der Waals surface area contributed by atoms with Crippen molar-refractivity contribution < 1.29 is 9.15 Å². The molecule has 0 radical (unpaired) electrons. The standard InChI is InChI=1S/C19H19BrN2O2/c1-22(12-15-5-3-4-6-17(15)20)13-19-21-11-18(24-19)14-7-9-16(23-2)10-8-14/h3-11H,12-13H2,1-2H3. The van der Waals surface area contributed by atoms with E-state index in [1.54, 1.807) is 13.3 Å². The van der Waals surface area contributed by atoms with Gasteiger partial charge in [-0.2, -0.15) is 0 Å². The van der Waals surface area contributed by atoms with E-state index in [-0.39, 0.29) is 0 Å². The zero-order chi connectivity index (χ0) is 16.9. The van der Waals surface area contributed by atoms with Gasteiger partial charge >= 0.3 is 0 Å². The fourth-order valence-corrected chi connectivity index (χ4v) is 2.89. The molecular weight excluding hydrogens is 368 g/mol. The molecule has 3 rings (SSSR count). The largest absolute Gasteiger partial charge is 0.497 e. The summed E-state index contributed by atoms with van der Waals surface area (Å²) in [5, 5.41) is 0. The van der Waals surface area contributed by atoms with Crippen LogP contribution in [0.25, 0.3) is 11.3 Å². The second kappa shape index (κ2) is 7.64. The van der Waals surface area contributed by atoms with Crippen molar-refractivity contribution >= 4 is 15.9 Å². The van der Waals surface area contributed by atoms with Crippen LogP contribution in [0, 0.1) is 0 Å². The molecule has 1 heterocycles. The van der Waals surface area contributed by atoms with Crippen molar-refractivity contribution in [3.05, 3.63) is 70.7 Å². The first kappa shape index (κ1) is 16.7. The zero-order valence-corrected chi connectivity index (χ0v) is 15.3. The van der Waals surface area contributed by atoms with Crippen LogP contribution in [0.4, 0.5) is 0 Å². The van der Waals surface area contributed by atoms with Gasteiger partial charge in [0, 0.05) is 16.6 Å². The molecule has 0 fully saturated rings. The maximum absolute atomic E-state index is 5.88. The highest BCUT2D eigenvalue weighted by atomic mass is 79.9. The average molecular weight is 387 g/mol. The Labute approximate surface area is 150 Å². The van der Waals surface area contributed by atoms with Gasteiger partial charge in [0.15, 0.2) is 5.76 Å². The first-order valence-electron chi connectivity index (χ1n) is 7.67. The summed E-state index contributed by atoms with van der Waals surface area (Å²) >= 11 is 3.58. The van der Waals surface area contributed by atoms with Gasteiger partial charge in [0.05, 0.1) is 19.9 Å². The highest BCUT2D eigenvalue weighted by Gasteiger charge is 2.10. The molecule has 0 saturated carbocycles. The van der Waals surface area contributed by atoms with Gasteiger partial charge in [-0.3, -0.25) is 4.90 Å². The molecule has 0 bridgehead atoms. The van der Waals surface area contributed by atoms with Crippen LogP contribution in [-0.2, 0) is 13.1 Å². The summed E-state index contributed by atoms with van der Waals surface area (Å²) in [6.45, 7) is 1.47. The lowest BCUT2D eigenvalue weighted by molar-refractivity contribution is 0.282. The summed E-state index contributed by atoms with van der Waals surface area (Å²) in [4.78, 5) is 6.56. The number of ether oxygens (including phenoxy) is 1. The molecule has 3 aromatic rings. The molecule has 1 aromatic heterocycles. The predicted octanol–water partition coefficient (Wildman–Crippen LogP) is 4.74. The molecule has 4 nitrogen and oxygen atoms in total. The van der Waals surface area contributed by atoms with Crippen molar-refractivity contribution in [2.45, 2.75) is 13.1 Å². The maximum atomic E-state index is 5.88. The van der Waals surface area contributed by atoms with Crippen molar-refractivity contribution in [2.24, 2.45) is 0 Å². The third kappa shape index (κ3) is 4.04. The van der Waals surface area contributed by atoms with Crippen LogP contribution in [0.1, 0.15) is 11.5 Å². The second-order valence-corrected chi connectivity index (χ2v) is 6.46. The van der Waals surface area contributed by atoms with Crippen LogP contribution in [0.5, 0.6) is 5.75 Å². The Bertz CT molecular complexity index is 799. The molecule has 0 aliphatic rings. The van der Waals surface area contributed by atoms with Gasteiger partial charge < -0.3 is 9.15 Å². The van der Waals surface area contributed by atoms with Gasteiger partial charge in [0.25, 0.3) is 0 Å². The van der Waals surface area contributed by atoms with Gasteiger partial charge in [0.2, 0.25) is 5.89 Å². The minimum absolute atomic E-state index is 0.650. The molecule has 0 spiro atoms. The Hall–Kier alpha value is -2.11. The number of halogens is 1. The molecule has 0 atom stereocenters. The number of hydrogen-bond acceptors (Lipinski definition) is 4. The van der Waals surface area contributed by atoms with Crippen molar-refractivity contribution in [3.8, 4) is 17.1 Å². The molecule has 0 aliphatic heterocycles. The fraction of sp³-hybridized carbons (Fsp3) is 0.211. The molecule has 0 unspecified atom stereocenters. The predicted molar refractivity (Wildman–Crippen MR) is 97.8 cm³/mol. The number of methoxy groups -OCH3 is 1.